The van der Waals surface area contributed by atoms with Crippen molar-refractivity contribution in [3.8, 4) is 17.2 Å². The van der Waals surface area contributed by atoms with Gasteiger partial charge in [0.25, 0.3) is 5.91 Å². The second-order valence-corrected chi connectivity index (χ2v) is 10.0. The number of rotatable bonds is 14. The maximum Gasteiger partial charge on any atom is 0.344 e. The van der Waals surface area contributed by atoms with Crippen molar-refractivity contribution in [2.75, 3.05) is 33.0 Å². The maximum atomic E-state index is 12.7. The van der Waals surface area contributed by atoms with Crippen molar-refractivity contribution in [2.45, 2.75) is 33.7 Å². The van der Waals surface area contributed by atoms with Crippen LogP contribution in [0.1, 0.15) is 44.9 Å². The number of esters is 2. The predicted molar refractivity (Wildman–Crippen MR) is 166 cm³/mol. The third-order valence-corrected chi connectivity index (χ3v) is 6.54. The van der Waals surface area contributed by atoms with Crippen LogP contribution in [0, 0.1) is 0 Å². The molecule has 0 saturated carbocycles. The fraction of sp³-hybridized carbons (Fsp3) is 0.345. The van der Waals surface area contributed by atoms with Gasteiger partial charge in [-0.1, -0.05) is 18.2 Å². The number of ether oxygens (including phenoxy) is 5. The van der Waals surface area contributed by atoms with Gasteiger partial charge in [-0.3, -0.25) is 4.79 Å². The molecule has 0 fully saturated rings. The van der Waals surface area contributed by atoms with Crippen molar-refractivity contribution in [1.29, 1.82) is 0 Å². The highest BCUT2D eigenvalue weighted by atomic mass is 79.9. The minimum absolute atomic E-state index is 0.211. The van der Waals surface area contributed by atoms with E-state index in [4.69, 9.17) is 35.9 Å². The Balaban J connectivity index is 1.68. The SMILES string of the molecule is CCOC(=O)COc1c(Br)cc(C=NNC(=O)COc2ccccc2[C@H]2NC(=S)NC(C)=C2C(=O)OCC)cc1OCC. The molecule has 2 aromatic rings. The summed E-state index contributed by atoms with van der Waals surface area (Å²) in [5.41, 5.74) is 4.53. The van der Waals surface area contributed by atoms with E-state index in [0.29, 0.717) is 55.8 Å². The molecule has 3 rings (SSSR count). The first kappa shape index (κ1) is 33.3. The van der Waals surface area contributed by atoms with Crippen LogP contribution in [-0.4, -0.2) is 62.2 Å². The highest BCUT2D eigenvalue weighted by Gasteiger charge is 2.32. The van der Waals surface area contributed by atoms with Gasteiger partial charge in [0.15, 0.2) is 29.8 Å². The number of benzene rings is 2. The lowest BCUT2D eigenvalue weighted by atomic mass is 9.95. The molecular weight excluding hydrogens is 644 g/mol. The second-order valence-electron chi connectivity index (χ2n) is 8.77. The first-order valence-corrected chi connectivity index (χ1v) is 14.6. The van der Waals surface area contributed by atoms with E-state index in [1.165, 1.54) is 6.21 Å². The van der Waals surface area contributed by atoms with Gasteiger partial charge in [0.2, 0.25) is 0 Å². The lowest BCUT2D eigenvalue weighted by Crippen LogP contribution is -2.45. The molecule has 12 nitrogen and oxygen atoms in total. The number of hydrazone groups is 1. The third kappa shape index (κ3) is 9.41. The zero-order valence-corrected chi connectivity index (χ0v) is 26.6. The Kier molecular flexibility index (Phi) is 12.8. The number of nitrogens with zero attached hydrogens (tertiary/aromatic N) is 1. The van der Waals surface area contributed by atoms with Gasteiger partial charge in [-0.05, 0) is 79.6 Å². The third-order valence-electron chi connectivity index (χ3n) is 5.73. The van der Waals surface area contributed by atoms with Gasteiger partial charge >= 0.3 is 11.9 Å². The topological polar surface area (TPSA) is 146 Å². The van der Waals surface area contributed by atoms with E-state index in [1.54, 1.807) is 57.2 Å². The average molecular weight is 678 g/mol. The number of amides is 1. The van der Waals surface area contributed by atoms with Gasteiger partial charge in [0.05, 0.1) is 42.1 Å². The minimum atomic E-state index is -0.646. The Hall–Kier alpha value is -4.17. The molecule has 43 heavy (non-hydrogen) atoms. The lowest BCUT2D eigenvalue weighted by molar-refractivity contribution is -0.145. The summed E-state index contributed by atoms with van der Waals surface area (Å²) in [4.78, 5) is 37.0. The Morgan fingerprint density at radius 2 is 1.74 bits per heavy atom. The molecule has 0 spiro atoms. The van der Waals surface area contributed by atoms with Crippen molar-refractivity contribution in [1.82, 2.24) is 16.1 Å². The summed E-state index contributed by atoms with van der Waals surface area (Å²) in [6, 6.07) is 9.71. The van der Waals surface area contributed by atoms with Crippen LogP contribution in [0.4, 0.5) is 0 Å². The molecular formula is C29H33BrN4O8S. The van der Waals surface area contributed by atoms with Gasteiger partial charge in [0.1, 0.15) is 5.75 Å². The molecule has 1 heterocycles. The number of thiocarbonyl (C=S) groups is 1. The molecule has 0 aliphatic carbocycles. The van der Waals surface area contributed by atoms with E-state index < -0.39 is 23.9 Å². The van der Waals surface area contributed by atoms with Crippen molar-refractivity contribution in [3.63, 3.8) is 0 Å². The summed E-state index contributed by atoms with van der Waals surface area (Å²) < 4.78 is 27.7. The number of hydrogen-bond acceptors (Lipinski definition) is 10. The smallest absolute Gasteiger partial charge is 0.344 e. The quantitative estimate of drug-likeness (QED) is 0.117. The first-order valence-electron chi connectivity index (χ1n) is 13.4. The van der Waals surface area contributed by atoms with Gasteiger partial charge in [-0.25, -0.2) is 15.0 Å². The summed E-state index contributed by atoms with van der Waals surface area (Å²) in [5.74, 6) is -0.420. The number of allylic oxidation sites excluding steroid dienone is 1. The van der Waals surface area contributed by atoms with Crippen LogP contribution in [0.2, 0.25) is 0 Å². The molecule has 230 valence electrons. The van der Waals surface area contributed by atoms with Crippen molar-refractivity contribution < 1.29 is 38.1 Å². The molecule has 1 amide bonds. The molecule has 1 aliphatic heterocycles. The van der Waals surface area contributed by atoms with E-state index in [-0.39, 0.29) is 26.4 Å². The summed E-state index contributed by atoms with van der Waals surface area (Å²) in [6.07, 6.45) is 1.42. The monoisotopic (exact) mass is 676 g/mol. The van der Waals surface area contributed by atoms with E-state index in [0.717, 1.165) is 0 Å². The van der Waals surface area contributed by atoms with Crippen LogP contribution in [-0.2, 0) is 23.9 Å². The fourth-order valence-corrected chi connectivity index (χ4v) is 4.86. The minimum Gasteiger partial charge on any atom is -0.490 e. The van der Waals surface area contributed by atoms with Crippen LogP contribution in [0.25, 0.3) is 0 Å². The Bertz CT molecular complexity index is 1410. The Morgan fingerprint density at radius 1 is 1.00 bits per heavy atom. The number of carbonyl (C=O) groups excluding carboxylic acids is 3. The number of carbonyl (C=O) groups is 3. The molecule has 0 radical (unpaired) electrons. The van der Waals surface area contributed by atoms with E-state index >= 15 is 0 Å². The van der Waals surface area contributed by atoms with Crippen molar-refractivity contribution >= 4 is 57.3 Å². The van der Waals surface area contributed by atoms with E-state index in [1.807, 2.05) is 6.92 Å². The predicted octanol–water partition coefficient (Wildman–Crippen LogP) is 3.67. The normalized spacial score (nSPS) is 14.4. The molecule has 1 aliphatic rings. The zero-order valence-electron chi connectivity index (χ0n) is 24.2. The molecule has 14 heteroatoms. The molecule has 0 saturated heterocycles. The summed E-state index contributed by atoms with van der Waals surface area (Å²) in [6.45, 7) is 7.17. The fourth-order valence-electron chi connectivity index (χ4n) is 4.01. The number of halogens is 1. The van der Waals surface area contributed by atoms with E-state index in [9.17, 15) is 14.4 Å². The number of para-hydroxylation sites is 1. The molecule has 0 aromatic heterocycles. The largest absolute Gasteiger partial charge is 0.490 e. The van der Waals surface area contributed by atoms with Crippen LogP contribution in [0.15, 0.2) is 57.2 Å². The summed E-state index contributed by atoms with van der Waals surface area (Å²) in [5, 5.41) is 10.4. The second kappa shape index (κ2) is 16.5. The van der Waals surface area contributed by atoms with Crippen molar-refractivity contribution in [2.24, 2.45) is 5.10 Å². The van der Waals surface area contributed by atoms with Crippen molar-refractivity contribution in [3.05, 3.63) is 63.3 Å². The zero-order chi connectivity index (χ0) is 31.4. The summed E-state index contributed by atoms with van der Waals surface area (Å²) in [7, 11) is 0. The molecule has 0 unspecified atom stereocenters. The Labute approximate surface area is 263 Å². The van der Waals surface area contributed by atoms with Gasteiger partial charge in [-0.2, -0.15) is 5.10 Å². The maximum absolute atomic E-state index is 12.7. The van der Waals surface area contributed by atoms with Gasteiger partial charge in [0, 0.05) is 11.3 Å². The van der Waals surface area contributed by atoms with Crippen LogP contribution < -0.4 is 30.3 Å². The van der Waals surface area contributed by atoms with E-state index in [2.05, 4.69) is 37.1 Å². The lowest BCUT2D eigenvalue weighted by Gasteiger charge is -2.30. The van der Waals surface area contributed by atoms with Crippen LogP contribution in [0.5, 0.6) is 17.2 Å². The molecule has 0 bridgehead atoms. The molecule has 2 aromatic carbocycles. The van der Waals surface area contributed by atoms with Gasteiger partial charge in [-0.15, -0.1) is 0 Å². The molecule has 1 atom stereocenters. The first-order chi connectivity index (χ1) is 20.7. The highest BCUT2D eigenvalue weighted by molar-refractivity contribution is 9.10. The van der Waals surface area contributed by atoms with Gasteiger partial charge < -0.3 is 34.3 Å². The standard InChI is InChI=1S/C29H33BrN4O8S/c1-5-38-22-13-18(12-20(30)27(22)42-16-24(36)39-6-2)14-31-34-23(35)15-41-21-11-9-8-10-19(21)26-25(28(37)40-7-3)17(4)32-29(43)33-26/h8-14,26H,5-7,15-16H2,1-4H3,(H,34,35)(H2,32,33,43)/t26-/m1/s1. The highest BCUT2D eigenvalue weighted by Crippen LogP contribution is 2.37. The van der Waals surface area contributed by atoms with Crippen LogP contribution in [0.3, 0.4) is 0 Å². The average Bonchev–Trinajstić information content (AvgIpc) is 2.96. The summed E-state index contributed by atoms with van der Waals surface area (Å²) >= 11 is 8.73. The number of nitrogens with one attached hydrogen (secondary N) is 3. The molecule has 3 N–H and O–H groups in total. The van der Waals surface area contributed by atoms with Crippen LogP contribution >= 0.6 is 28.1 Å². The number of hydrogen-bond donors (Lipinski definition) is 3. The Morgan fingerprint density at radius 3 is 2.47 bits per heavy atom.